The summed E-state index contributed by atoms with van der Waals surface area (Å²) >= 11 is 1.79. The normalized spacial score (nSPS) is 21.0. The van der Waals surface area contributed by atoms with Crippen LogP contribution in [0.15, 0.2) is 10.4 Å². The zero-order valence-electron chi connectivity index (χ0n) is 16.2. The minimum Gasteiger partial charge on any atom is -0.370 e. The Morgan fingerprint density at radius 1 is 1.23 bits per heavy atom. The molecule has 0 saturated carbocycles. The molecule has 1 aromatic heterocycles. The quantitative estimate of drug-likeness (QED) is 0.389. The van der Waals surface area contributed by atoms with Crippen molar-refractivity contribution in [2.45, 2.75) is 52.5 Å². The standard InChI is InChI=1S/C19H33N5S.HI/c1-3-18-22-17(14-25-18)13-23-8-6-16(7-9-23)12-21-19(20)24-10-4-15(2)5-11-24;/h14-16H,3-13H2,1-2H3,(H2,20,21);1H. The second-order valence-corrected chi connectivity index (χ2v) is 8.62. The number of thiazole rings is 1. The number of aliphatic imine (C=N–C) groups is 1. The van der Waals surface area contributed by atoms with Gasteiger partial charge in [-0.3, -0.25) is 9.89 Å². The van der Waals surface area contributed by atoms with Gasteiger partial charge in [-0.05, 0) is 57.0 Å². The third-order valence-electron chi connectivity index (χ3n) is 5.61. The van der Waals surface area contributed by atoms with Crippen molar-refractivity contribution in [1.82, 2.24) is 14.8 Å². The zero-order valence-corrected chi connectivity index (χ0v) is 19.3. The summed E-state index contributed by atoms with van der Waals surface area (Å²) < 4.78 is 0. The average Bonchev–Trinajstić information content (AvgIpc) is 3.09. The fourth-order valence-electron chi connectivity index (χ4n) is 3.70. The Morgan fingerprint density at radius 3 is 2.54 bits per heavy atom. The third kappa shape index (κ3) is 6.34. The van der Waals surface area contributed by atoms with E-state index in [-0.39, 0.29) is 24.0 Å². The van der Waals surface area contributed by atoms with Crippen molar-refractivity contribution < 1.29 is 0 Å². The highest BCUT2D eigenvalue weighted by Crippen LogP contribution is 2.21. The molecule has 2 fully saturated rings. The molecular weight excluding hydrogens is 457 g/mol. The van der Waals surface area contributed by atoms with Crippen molar-refractivity contribution in [3.63, 3.8) is 0 Å². The van der Waals surface area contributed by atoms with Gasteiger partial charge in [0.15, 0.2) is 5.96 Å². The summed E-state index contributed by atoms with van der Waals surface area (Å²) in [6, 6.07) is 0. The van der Waals surface area contributed by atoms with E-state index in [1.807, 2.05) is 0 Å². The van der Waals surface area contributed by atoms with Crippen LogP contribution in [-0.2, 0) is 13.0 Å². The Morgan fingerprint density at radius 2 is 1.92 bits per heavy atom. The molecule has 0 aliphatic carbocycles. The van der Waals surface area contributed by atoms with Crippen molar-refractivity contribution in [3.05, 3.63) is 16.1 Å². The minimum absolute atomic E-state index is 0. The zero-order chi connectivity index (χ0) is 17.6. The number of nitrogens with two attached hydrogens (primary N) is 1. The highest BCUT2D eigenvalue weighted by Gasteiger charge is 2.21. The molecule has 5 nitrogen and oxygen atoms in total. The van der Waals surface area contributed by atoms with Gasteiger partial charge in [-0.25, -0.2) is 4.98 Å². The fraction of sp³-hybridized carbons (Fsp3) is 0.789. The summed E-state index contributed by atoms with van der Waals surface area (Å²) in [4.78, 5) is 14.2. The van der Waals surface area contributed by atoms with Gasteiger partial charge in [0.1, 0.15) is 0 Å². The number of nitrogens with zero attached hydrogens (tertiary/aromatic N) is 4. The predicted octanol–water partition coefficient (Wildman–Crippen LogP) is 3.58. The number of aryl methyl sites for hydroxylation is 1. The van der Waals surface area contributed by atoms with Crippen LogP contribution in [0, 0.1) is 11.8 Å². The van der Waals surface area contributed by atoms with Gasteiger partial charge in [0.05, 0.1) is 10.7 Å². The SMILES string of the molecule is CCc1nc(CN2CCC(CN=C(N)N3CCC(C)CC3)CC2)cs1.I. The molecule has 148 valence electrons. The number of likely N-dealkylation sites (tertiary alicyclic amines) is 2. The van der Waals surface area contributed by atoms with Gasteiger partial charge in [-0.1, -0.05) is 13.8 Å². The van der Waals surface area contributed by atoms with Crippen LogP contribution in [0.5, 0.6) is 0 Å². The second-order valence-electron chi connectivity index (χ2n) is 7.67. The summed E-state index contributed by atoms with van der Waals surface area (Å²) in [5, 5.41) is 3.47. The topological polar surface area (TPSA) is 57.8 Å². The molecular formula is C19H34IN5S. The first-order valence-electron chi connectivity index (χ1n) is 9.84. The lowest BCUT2D eigenvalue weighted by Crippen LogP contribution is -2.43. The summed E-state index contributed by atoms with van der Waals surface area (Å²) in [7, 11) is 0. The summed E-state index contributed by atoms with van der Waals surface area (Å²) in [5.41, 5.74) is 7.45. The molecule has 0 atom stereocenters. The number of aromatic nitrogens is 1. The van der Waals surface area contributed by atoms with Gasteiger partial charge in [-0.15, -0.1) is 35.3 Å². The molecule has 1 aromatic rings. The second kappa shape index (κ2) is 10.8. The van der Waals surface area contributed by atoms with Crippen molar-refractivity contribution in [2.75, 3.05) is 32.7 Å². The molecule has 0 spiro atoms. The number of halogens is 1. The summed E-state index contributed by atoms with van der Waals surface area (Å²) in [5.74, 6) is 2.28. The summed E-state index contributed by atoms with van der Waals surface area (Å²) in [6.45, 7) is 10.8. The van der Waals surface area contributed by atoms with E-state index < -0.39 is 0 Å². The van der Waals surface area contributed by atoms with Gasteiger partial charge in [0.2, 0.25) is 0 Å². The molecule has 2 N–H and O–H groups in total. The average molecular weight is 491 g/mol. The number of rotatable bonds is 5. The van der Waals surface area contributed by atoms with E-state index in [4.69, 9.17) is 15.7 Å². The molecule has 3 rings (SSSR count). The maximum absolute atomic E-state index is 6.21. The van der Waals surface area contributed by atoms with E-state index in [1.54, 1.807) is 11.3 Å². The van der Waals surface area contributed by atoms with Crippen molar-refractivity contribution in [2.24, 2.45) is 22.6 Å². The Balaban J connectivity index is 0.00000243. The van der Waals surface area contributed by atoms with Crippen molar-refractivity contribution in [3.8, 4) is 0 Å². The largest absolute Gasteiger partial charge is 0.370 e. The van der Waals surface area contributed by atoms with Gasteiger partial charge >= 0.3 is 0 Å². The molecule has 0 unspecified atom stereocenters. The lowest BCUT2D eigenvalue weighted by Gasteiger charge is -2.32. The Bertz CT molecular complexity index is 560. The highest BCUT2D eigenvalue weighted by molar-refractivity contribution is 14.0. The molecule has 2 aliphatic rings. The van der Waals surface area contributed by atoms with Crippen LogP contribution in [-0.4, -0.2) is 53.5 Å². The minimum atomic E-state index is 0. The maximum Gasteiger partial charge on any atom is 0.191 e. The van der Waals surface area contributed by atoms with Crippen LogP contribution in [0.4, 0.5) is 0 Å². The van der Waals surface area contributed by atoms with Crippen molar-refractivity contribution >= 4 is 41.3 Å². The molecule has 2 aliphatic heterocycles. The smallest absolute Gasteiger partial charge is 0.191 e. The van der Waals surface area contributed by atoms with Crippen LogP contribution < -0.4 is 5.73 Å². The molecule has 0 radical (unpaired) electrons. The monoisotopic (exact) mass is 491 g/mol. The van der Waals surface area contributed by atoms with Crippen LogP contribution in [0.1, 0.15) is 50.2 Å². The van der Waals surface area contributed by atoms with Crippen molar-refractivity contribution in [1.29, 1.82) is 0 Å². The molecule has 26 heavy (non-hydrogen) atoms. The van der Waals surface area contributed by atoms with E-state index in [0.29, 0.717) is 5.92 Å². The predicted molar refractivity (Wildman–Crippen MR) is 121 cm³/mol. The van der Waals surface area contributed by atoms with Gasteiger partial charge in [-0.2, -0.15) is 0 Å². The first kappa shape index (κ1) is 21.9. The molecule has 2 saturated heterocycles. The van der Waals surface area contributed by atoms with E-state index in [1.165, 1.54) is 36.4 Å². The van der Waals surface area contributed by atoms with Crippen LogP contribution in [0.3, 0.4) is 0 Å². The molecule has 0 aromatic carbocycles. The Kier molecular flexibility index (Phi) is 9.09. The van der Waals surface area contributed by atoms with Gasteiger partial charge < -0.3 is 10.6 Å². The number of hydrogen-bond acceptors (Lipinski definition) is 4. The first-order chi connectivity index (χ1) is 12.1. The van der Waals surface area contributed by atoms with E-state index in [2.05, 4.69) is 29.0 Å². The Hall–Kier alpha value is -0.410. The number of guanidine groups is 1. The number of piperidine rings is 2. The lowest BCUT2D eigenvalue weighted by atomic mass is 9.97. The maximum atomic E-state index is 6.21. The molecule has 7 heteroatoms. The molecule has 0 bridgehead atoms. The highest BCUT2D eigenvalue weighted by atomic mass is 127. The van der Waals surface area contributed by atoms with Gasteiger partial charge in [0.25, 0.3) is 0 Å². The van der Waals surface area contributed by atoms with E-state index >= 15 is 0 Å². The fourth-order valence-corrected chi connectivity index (χ4v) is 4.44. The Labute approximate surface area is 179 Å². The van der Waals surface area contributed by atoms with E-state index in [9.17, 15) is 0 Å². The third-order valence-corrected chi connectivity index (χ3v) is 6.66. The number of hydrogen-bond donors (Lipinski definition) is 1. The molecule has 0 amide bonds. The lowest BCUT2D eigenvalue weighted by molar-refractivity contribution is 0.178. The van der Waals surface area contributed by atoms with Gasteiger partial charge in [0, 0.05) is 31.6 Å². The van der Waals surface area contributed by atoms with Crippen LogP contribution in [0.25, 0.3) is 0 Å². The first-order valence-corrected chi connectivity index (χ1v) is 10.7. The summed E-state index contributed by atoms with van der Waals surface area (Å²) in [6.07, 6.45) is 5.97. The van der Waals surface area contributed by atoms with E-state index in [0.717, 1.165) is 57.6 Å². The molecule has 3 heterocycles. The van der Waals surface area contributed by atoms with Crippen LogP contribution in [0.2, 0.25) is 0 Å². The van der Waals surface area contributed by atoms with Crippen LogP contribution >= 0.6 is 35.3 Å².